The molecule has 0 aliphatic carbocycles. The molecule has 2 aromatic carbocycles. The summed E-state index contributed by atoms with van der Waals surface area (Å²) in [5.74, 6) is -0.470. The van der Waals surface area contributed by atoms with Crippen LogP contribution >= 0.6 is 0 Å². The Hall–Kier alpha value is -2.34. The van der Waals surface area contributed by atoms with Crippen LogP contribution in [-0.4, -0.2) is 28.0 Å². The van der Waals surface area contributed by atoms with Crippen LogP contribution in [-0.2, 0) is 19.4 Å². The summed E-state index contributed by atoms with van der Waals surface area (Å²) in [5.41, 5.74) is 1.35. The van der Waals surface area contributed by atoms with Gasteiger partial charge >= 0.3 is 5.97 Å². The van der Waals surface area contributed by atoms with E-state index >= 15 is 0 Å². The van der Waals surface area contributed by atoms with E-state index in [1.54, 1.807) is 42.5 Å². The number of ether oxygens (including phenoxy) is 1. The lowest BCUT2D eigenvalue weighted by Gasteiger charge is -2.12. The van der Waals surface area contributed by atoms with Gasteiger partial charge in [-0.2, -0.15) is 0 Å². The number of esters is 1. The zero-order valence-corrected chi connectivity index (χ0v) is 13.2. The fourth-order valence-electron chi connectivity index (χ4n) is 1.93. The van der Waals surface area contributed by atoms with Crippen molar-refractivity contribution in [1.29, 1.82) is 0 Å². The van der Waals surface area contributed by atoms with E-state index in [0.29, 0.717) is 5.69 Å². The van der Waals surface area contributed by atoms with Crippen LogP contribution in [0, 0.1) is 6.92 Å². The number of hydrogen-bond donors (Lipinski definition) is 1. The largest absolute Gasteiger partial charge is 0.468 e. The Labute approximate surface area is 129 Å². The topological polar surface area (TPSA) is 72.5 Å². The molecule has 5 nitrogen and oxygen atoms in total. The first-order valence-corrected chi connectivity index (χ1v) is 8.15. The number of hydrogen-bond acceptors (Lipinski definition) is 5. The Morgan fingerprint density at radius 2 is 1.73 bits per heavy atom. The van der Waals surface area contributed by atoms with Crippen molar-refractivity contribution >= 4 is 21.5 Å². The molecule has 0 amide bonds. The minimum absolute atomic E-state index is 0.100. The van der Waals surface area contributed by atoms with Gasteiger partial charge in [0.1, 0.15) is 6.54 Å². The zero-order chi connectivity index (χ0) is 16.2. The van der Waals surface area contributed by atoms with Crippen LogP contribution in [0.1, 0.15) is 5.56 Å². The number of para-hydroxylation sites is 1. The summed E-state index contributed by atoms with van der Waals surface area (Å²) < 4.78 is 30.0. The molecule has 0 saturated carbocycles. The maximum absolute atomic E-state index is 12.7. The standard InChI is InChI=1S/C16H17NO4S/c1-12-7-9-13(10-8-12)22(19,20)15-6-4-3-5-14(15)17-11-16(18)21-2/h3-10,17H,11H2,1-2H3. The Morgan fingerprint density at radius 3 is 2.36 bits per heavy atom. The number of benzene rings is 2. The van der Waals surface area contributed by atoms with Gasteiger partial charge in [-0.3, -0.25) is 4.79 Å². The highest BCUT2D eigenvalue weighted by molar-refractivity contribution is 7.91. The molecule has 0 fully saturated rings. The van der Waals surface area contributed by atoms with Crippen LogP contribution in [0.5, 0.6) is 0 Å². The maximum Gasteiger partial charge on any atom is 0.325 e. The molecule has 1 N–H and O–H groups in total. The molecule has 0 aliphatic rings. The number of carbonyl (C=O) groups excluding carboxylic acids is 1. The Morgan fingerprint density at radius 1 is 1.09 bits per heavy atom. The van der Waals surface area contributed by atoms with E-state index in [2.05, 4.69) is 10.1 Å². The molecule has 0 bridgehead atoms. The number of anilines is 1. The van der Waals surface area contributed by atoms with Gasteiger partial charge in [-0.05, 0) is 31.2 Å². The third kappa shape index (κ3) is 3.46. The molecule has 6 heteroatoms. The lowest BCUT2D eigenvalue weighted by molar-refractivity contribution is -0.138. The van der Waals surface area contributed by atoms with Gasteiger partial charge < -0.3 is 10.1 Å². The number of carbonyl (C=O) groups is 1. The molecule has 0 aliphatic heterocycles. The van der Waals surface area contributed by atoms with Gasteiger partial charge in [-0.1, -0.05) is 29.8 Å². The molecule has 0 heterocycles. The molecule has 0 aromatic heterocycles. The number of aryl methyl sites for hydroxylation is 1. The molecule has 22 heavy (non-hydrogen) atoms. The molecule has 0 spiro atoms. The predicted molar refractivity (Wildman–Crippen MR) is 83.6 cm³/mol. The maximum atomic E-state index is 12.7. The smallest absolute Gasteiger partial charge is 0.325 e. The fourth-order valence-corrected chi connectivity index (χ4v) is 3.37. The number of rotatable bonds is 5. The predicted octanol–water partition coefficient (Wildman–Crippen LogP) is 2.41. The SMILES string of the molecule is COC(=O)CNc1ccccc1S(=O)(=O)c1ccc(C)cc1. The Kier molecular flexibility index (Phi) is 4.82. The Bertz CT molecular complexity index is 767. The van der Waals surface area contributed by atoms with Crippen LogP contribution in [0.15, 0.2) is 58.3 Å². The van der Waals surface area contributed by atoms with E-state index in [-0.39, 0.29) is 16.3 Å². The number of sulfone groups is 1. The third-order valence-electron chi connectivity index (χ3n) is 3.16. The molecule has 0 saturated heterocycles. The van der Waals surface area contributed by atoms with E-state index in [9.17, 15) is 13.2 Å². The van der Waals surface area contributed by atoms with E-state index in [4.69, 9.17) is 0 Å². The minimum atomic E-state index is -3.66. The van der Waals surface area contributed by atoms with Crippen LogP contribution in [0.2, 0.25) is 0 Å². The minimum Gasteiger partial charge on any atom is -0.468 e. The second-order valence-corrected chi connectivity index (χ2v) is 6.66. The monoisotopic (exact) mass is 319 g/mol. The molecule has 0 radical (unpaired) electrons. The van der Waals surface area contributed by atoms with Crippen LogP contribution < -0.4 is 5.32 Å². The molecular formula is C16H17NO4S. The van der Waals surface area contributed by atoms with E-state index < -0.39 is 15.8 Å². The van der Waals surface area contributed by atoms with Crippen molar-refractivity contribution in [2.24, 2.45) is 0 Å². The summed E-state index contributed by atoms with van der Waals surface area (Å²) in [5, 5.41) is 2.80. The highest BCUT2D eigenvalue weighted by atomic mass is 32.2. The summed E-state index contributed by atoms with van der Waals surface area (Å²) in [7, 11) is -2.38. The van der Waals surface area contributed by atoms with Gasteiger partial charge in [0.15, 0.2) is 0 Å². The van der Waals surface area contributed by atoms with Crippen molar-refractivity contribution in [3.05, 3.63) is 54.1 Å². The first-order valence-electron chi connectivity index (χ1n) is 6.66. The third-order valence-corrected chi connectivity index (χ3v) is 4.99. The summed E-state index contributed by atoms with van der Waals surface area (Å²) in [6.07, 6.45) is 0. The summed E-state index contributed by atoms with van der Waals surface area (Å²) in [6.45, 7) is 1.79. The lowest BCUT2D eigenvalue weighted by Crippen LogP contribution is -2.16. The second kappa shape index (κ2) is 6.62. The van der Waals surface area contributed by atoms with E-state index in [0.717, 1.165) is 5.56 Å². The normalized spacial score (nSPS) is 11.0. The number of nitrogens with one attached hydrogen (secondary N) is 1. The molecule has 2 aromatic rings. The molecule has 0 unspecified atom stereocenters. The summed E-state index contributed by atoms with van der Waals surface area (Å²) in [6, 6.07) is 13.1. The highest BCUT2D eigenvalue weighted by Crippen LogP contribution is 2.27. The van der Waals surface area contributed by atoms with Crippen LogP contribution in [0.3, 0.4) is 0 Å². The molecule has 0 atom stereocenters. The Balaban J connectivity index is 2.39. The van der Waals surface area contributed by atoms with Gasteiger partial charge in [-0.25, -0.2) is 8.42 Å². The fraction of sp³-hybridized carbons (Fsp3) is 0.188. The van der Waals surface area contributed by atoms with Crippen molar-refractivity contribution in [1.82, 2.24) is 0 Å². The quantitative estimate of drug-likeness (QED) is 0.857. The first-order chi connectivity index (χ1) is 10.4. The highest BCUT2D eigenvalue weighted by Gasteiger charge is 2.21. The summed E-state index contributed by atoms with van der Waals surface area (Å²) >= 11 is 0. The number of methoxy groups -OCH3 is 1. The van der Waals surface area contributed by atoms with Crippen molar-refractivity contribution in [2.75, 3.05) is 19.0 Å². The van der Waals surface area contributed by atoms with Gasteiger partial charge in [-0.15, -0.1) is 0 Å². The van der Waals surface area contributed by atoms with Crippen molar-refractivity contribution in [3.63, 3.8) is 0 Å². The van der Waals surface area contributed by atoms with Gasteiger partial charge in [0.05, 0.1) is 22.6 Å². The summed E-state index contributed by atoms with van der Waals surface area (Å²) in [4.78, 5) is 11.6. The lowest BCUT2D eigenvalue weighted by atomic mass is 10.2. The molecule has 116 valence electrons. The molecule has 2 rings (SSSR count). The average Bonchev–Trinajstić information content (AvgIpc) is 2.53. The second-order valence-electron chi connectivity index (χ2n) is 4.74. The van der Waals surface area contributed by atoms with Gasteiger partial charge in [0.2, 0.25) is 9.84 Å². The van der Waals surface area contributed by atoms with E-state index in [1.807, 2.05) is 6.92 Å². The van der Waals surface area contributed by atoms with Gasteiger partial charge in [0, 0.05) is 0 Å². The van der Waals surface area contributed by atoms with Crippen molar-refractivity contribution in [2.45, 2.75) is 16.7 Å². The zero-order valence-electron chi connectivity index (χ0n) is 12.4. The van der Waals surface area contributed by atoms with Crippen molar-refractivity contribution in [3.8, 4) is 0 Å². The van der Waals surface area contributed by atoms with Crippen LogP contribution in [0.25, 0.3) is 0 Å². The van der Waals surface area contributed by atoms with Gasteiger partial charge in [0.25, 0.3) is 0 Å². The van der Waals surface area contributed by atoms with Crippen LogP contribution in [0.4, 0.5) is 5.69 Å². The average molecular weight is 319 g/mol. The van der Waals surface area contributed by atoms with E-state index in [1.165, 1.54) is 13.2 Å². The van der Waals surface area contributed by atoms with Crippen molar-refractivity contribution < 1.29 is 17.9 Å². The first kappa shape index (κ1) is 16.0. The molecular weight excluding hydrogens is 302 g/mol.